The predicted octanol–water partition coefficient (Wildman–Crippen LogP) is 1.93. The first-order valence-electron chi connectivity index (χ1n) is 6.77. The fraction of sp³-hybridized carbons (Fsp3) is 0.600. The molecule has 0 unspecified atom stereocenters. The summed E-state index contributed by atoms with van der Waals surface area (Å²) in [6.45, 7) is 5.35. The van der Waals surface area contributed by atoms with Crippen LogP contribution in [-0.2, 0) is 15.9 Å². The Balaban J connectivity index is 2.28. The second-order valence-corrected chi connectivity index (χ2v) is 4.46. The van der Waals surface area contributed by atoms with Crippen molar-refractivity contribution < 1.29 is 14.2 Å². The molecule has 1 aromatic rings. The van der Waals surface area contributed by atoms with E-state index in [1.165, 1.54) is 11.1 Å². The standard InChI is InChI=1S/C15H25NO3/c1-13-4-5-15(14(12-13)6-7-16)19-9-3-8-18-11-10-17-2/h4-5,12H,3,6-11,16H2,1-2H3. The van der Waals surface area contributed by atoms with E-state index in [0.717, 1.165) is 18.6 Å². The summed E-state index contributed by atoms with van der Waals surface area (Å²) in [7, 11) is 1.67. The smallest absolute Gasteiger partial charge is 0.122 e. The van der Waals surface area contributed by atoms with E-state index in [2.05, 4.69) is 19.1 Å². The molecule has 0 atom stereocenters. The van der Waals surface area contributed by atoms with Gasteiger partial charge in [0.1, 0.15) is 5.75 Å². The van der Waals surface area contributed by atoms with Crippen molar-refractivity contribution in [3.8, 4) is 5.75 Å². The maximum Gasteiger partial charge on any atom is 0.122 e. The van der Waals surface area contributed by atoms with Crippen molar-refractivity contribution in [2.24, 2.45) is 5.73 Å². The minimum absolute atomic E-state index is 0.638. The third-order valence-electron chi connectivity index (χ3n) is 2.75. The number of nitrogens with two attached hydrogens (primary N) is 1. The SMILES string of the molecule is COCCOCCCOc1ccc(C)cc1CCN. The summed E-state index contributed by atoms with van der Waals surface area (Å²) in [6.07, 6.45) is 1.72. The predicted molar refractivity (Wildman–Crippen MR) is 76.7 cm³/mol. The van der Waals surface area contributed by atoms with Gasteiger partial charge in [0.15, 0.2) is 0 Å². The molecule has 2 N–H and O–H groups in total. The molecule has 0 radical (unpaired) electrons. The van der Waals surface area contributed by atoms with E-state index in [4.69, 9.17) is 19.9 Å². The van der Waals surface area contributed by atoms with Crippen LogP contribution >= 0.6 is 0 Å². The average Bonchev–Trinajstić information content (AvgIpc) is 2.40. The molecule has 0 aromatic heterocycles. The molecule has 0 heterocycles. The molecule has 1 rings (SSSR count). The van der Waals surface area contributed by atoms with Crippen molar-refractivity contribution in [3.05, 3.63) is 29.3 Å². The molecule has 4 nitrogen and oxygen atoms in total. The highest BCUT2D eigenvalue weighted by Crippen LogP contribution is 2.20. The van der Waals surface area contributed by atoms with Gasteiger partial charge in [0.05, 0.1) is 19.8 Å². The molecule has 0 saturated heterocycles. The third kappa shape index (κ3) is 6.57. The Morgan fingerprint density at radius 3 is 2.68 bits per heavy atom. The lowest BCUT2D eigenvalue weighted by atomic mass is 10.1. The van der Waals surface area contributed by atoms with Crippen LogP contribution in [0.1, 0.15) is 17.5 Å². The molecular formula is C15H25NO3. The Labute approximate surface area is 115 Å². The largest absolute Gasteiger partial charge is 0.493 e. The topological polar surface area (TPSA) is 53.7 Å². The zero-order chi connectivity index (χ0) is 13.9. The van der Waals surface area contributed by atoms with Gasteiger partial charge in [-0.05, 0) is 31.5 Å². The molecule has 1 aromatic carbocycles. The quantitative estimate of drug-likeness (QED) is 0.658. The number of hydrogen-bond donors (Lipinski definition) is 1. The summed E-state index contributed by atoms with van der Waals surface area (Å²) in [5.74, 6) is 0.938. The first-order chi connectivity index (χ1) is 9.27. The highest BCUT2D eigenvalue weighted by molar-refractivity contribution is 5.37. The maximum atomic E-state index is 5.78. The van der Waals surface area contributed by atoms with Gasteiger partial charge < -0.3 is 19.9 Å². The summed E-state index contributed by atoms with van der Waals surface area (Å²) < 4.78 is 16.1. The van der Waals surface area contributed by atoms with Gasteiger partial charge in [-0.2, -0.15) is 0 Å². The van der Waals surface area contributed by atoms with Crippen LogP contribution in [0.3, 0.4) is 0 Å². The summed E-state index contributed by atoms with van der Waals surface area (Å²) in [5.41, 5.74) is 8.03. The average molecular weight is 267 g/mol. The normalized spacial score (nSPS) is 10.7. The van der Waals surface area contributed by atoms with Crippen LogP contribution in [-0.4, -0.2) is 40.1 Å². The van der Waals surface area contributed by atoms with Crippen LogP contribution in [0.4, 0.5) is 0 Å². The van der Waals surface area contributed by atoms with Gasteiger partial charge >= 0.3 is 0 Å². The van der Waals surface area contributed by atoms with E-state index < -0.39 is 0 Å². The van der Waals surface area contributed by atoms with Gasteiger partial charge in [-0.3, -0.25) is 0 Å². The zero-order valence-electron chi connectivity index (χ0n) is 12.0. The minimum Gasteiger partial charge on any atom is -0.493 e. The molecule has 0 spiro atoms. The van der Waals surface area contributed by atoms with Crippen molar-refractivity contribution in [2.75, 3.05) is 40.1 Å². The third-order valence-corrected chi connectivity index (χ3v) is 2.75. The molecule has 108 valence electrons. The van der Waals surface area contributed by atoms with Gasteiger partial charge in [0, 0.05) is 20.1 Å². The number of methoxy groups -OCH3 is 1. The molecule has 0 bridgehead atoms. The number of aryl methyl sites for hydroxylation is 1. The van der Waals surface area contributed by atoms with Crippen LogP contribution < -0.4 is 10.5 Å². The fourth-order valence-electron chi connectivity index (χ4n) is 1.79. The molecule has 0 aliphatic heterocycles. The first kappa shape index (κ1) is 16.0. The maximum absolute atomic E-state index is 5.78. The van der Waals surface area contributed by atoms with Crippen molar-refractivity contribution in [2.45, 2.75) is 19.8 Å². The first-order valence-corrected chi connectivity index (χ1v) is 6.77. The van der Waals surface area contributed by atoms with Gasteiger partial charge in [-0.25, -0.2) is 0 Å². The van der Waals surface area contributed by atoms with Crippen LogP contribution in [0.25, 0.3) is 0 Å². The van der Waals surface area contributed by atoms with Crippen molar-refractivity contribution in [1.82, 2.24) is 0 Å². The molecule has 0 aliphatic rings. The lowest BCUT2D eigenvalue weighted by Gasteiger charge is -2.12. The molecule has 0 fully saturated rings. The lowest BCUT2D eigenvalue weighted by Crippen LogP contribution is -2.09. The van der Waals surface area contributed by atoms with Gasteiger partial charge in [0.2, 0.25) is 0 Å². The molecule has 0 aliphatic carbocycles. The van der Waals surface area contributed by atoms with Crippen LogP contribution in [0, 0.1) is 6.92 Å². The Hall–Kier alpha value is -1.10. The fourth-order valence-corrected chi connectivity index (χ4v) is 1.79. The van der Waals surface area contributed by atoms with E-state index in [0.29, 0.717) is 33.0 Å². The molecule has 0 saturated carbocycles. The highest BCUT2D eigenvalue weighted by atomic mass is 16.5. The van der Waals surface area contributed by atoms with Gasteiger partial charge in [-0.15, -0.1) is 0 Å². The zero-order valence-corrected chi connectivity index (χ0v) is 12.0. The van der Waals surface area contributed by atoms with E-state index in [1.54, 1.807) is 7.11 Å². The Kier molecular flexibility index (Phi) is 8.21. The molecule has 19 heavy (non-hydrogen) atoms. The monoisotopic (exact) mass is 267 g/mol. The molecular weight excluding hydrogens is 242 g/mol. The summed E-state index contributed by atoms with van der Waals surface area (Å²) in [6, 6.07) is 6.22. The number of rotatable bonds is 10. The van der Waals surface area contributed by atoms with E-state index >= 15 is 0 Å². The van der Waals surface area contributed by atoms with Crippen molar-refractivity contribution in [3.63, 3.8) is 0 Å². The van der Waals surface area contributed by atoms with Crippen LogP contribution in [0.5, 0.6) is 5.75 Å². The van der Waals surface area contributed by atoms with E-state index in [1.807, 2.05) is 6.07 Å². The Morgan fingerprint density at radius 1 is 1.11 bits per heavy atom. The summed E-state index contributed by atoms with van der Waals surface area (Å²) in [4.78, 5) is 0. The molecule has 4 heteroatoms. The summed E-state index contributed by atoms with van der Waals surface area (Å²) in [5, 5.41) is 0. The van der Waals surface area contributed by atoms with Crippen LogP contribution in [0.15, 0.2) is 18.2 Å². The Morgan fingerprint density at radius 2 is 1.95 bits per heavy atom. The lowest BCUT2D eigenvalue weighted by molar-refractivity contribution is 0.0644. The van der Waals surface area contributed by atoms with Crippen molar-refractivity contribution in [1.29, 1.82) is 0 Å². The highest BCUT2D eigenvalue weighted by Gasteiger charge is 2.03. The van der Waals surface area contributed by atoms with E-state index in [-0.39, 0.29) is 0 Å². The van der Waals surface area contributed by atoms with E-state index in [9.17, 15) is 0 Å². The number of hydrogen-bond acceptors (Lipinski definition) is 4. The molecule has 0 amide bonds. The number of benzene rings is 1. The minimum atomic E-state index is 0.638. The summed E-state index contributed by atoms with van der Waals surface area (Å²) >= 11 is 0. The second kappa shape index (κ2) is 9.78. The Bertz CT molecular complexity index is 355. The van der Waals surface area contributed by atoms with Gasteiger partial charge in [0.25, 0.3) is 0 Å². The van der Waals surface area contributed by atoms with Crippen LogP contribution in [0.2, 0.25) is 0 Å². The number of ether oxygens (including phenoxy) is 3. The second-order valence-electron chi connectivity index (χ2n) is 4.46. The van der Waals surface area contributed by atoms with Crippen molar-refractivity contribution >= 4 is 0 Å². The van der Waals surface area contributed by atoms with Gasteiger partial charge in [-0.1, -0.05) is 17.7 Å².